The van der Waals surface area contributed by atoms with Gasteiger partial charge < -0.3 is 0 Å². The first kappa shape index (κ1) is 11.5. The minimum Gasteiger partial charge on any atom is -0.281 e. The molecule has 0 aromatic carbocycles. The summed E-state index contributed by atoms with van der Waals surface area (Å²) < 4.78 is 0. The zero-order chi connectivity index (χ0) is 11.7. The first-order valence-corrected chi connectivity index (χ1v) is 8.12. The normalized spacial score (nSPS) is 16.8. The molecule has 0 aliphatic heterocycles. The lowest BCUT2D eigenvalue weighted by molar-refractivity contribution is 0.688. The predicted molar refractivity (Wildman–Crippen MR) is 75.7 cm³/mol. The van der Waals surface area contributed by atoms with Crippen molar-refractivity contribution in [1.82, 2.24) is 10.2 Å². The standard InChI is InChI=1S/C13H15BrN2S/c14-7-11-12(9-3-1-2-4-9)15-16-13(11)10-5-6-17-8-10/h5-6,8-9H,1-4,7H2,(H,15,16). The Bertz CT molecular complexity index is 483. The summed E-state index contributed by atoms with van der Waals surface area (Å²) in [6, 6.07) is 2.14. The van der Waals surface area contributed by atoms with Gasteiger partial charge in [0.2, 0.25) is 0 Å². The molecule has 1 saturated carbocycles. The molecule has 0 radical (unpaired) electrons. The Morgan fingerprint density at radius 2 is 2.24 bits per heavy atom. The molecule has 1 N–H and O–H groups in total. The van der Waals surface area contributed by atoms with Crippen LogP contribution in [0.15, 0.2) is 16.8 Å². The SMILES string of the molecule is BrCc1c(-c2ccsc2)n[nH]c1C1CCCC1. The summed E-state index contributed by atoms with van der Waals surface area (Å²) in [7, 11) is 0. The van der Waals surface area contributed by atoms with E-state index in [-0.39, 0.29) is 0 Å². The monoisotopic (exact) mass is 310 g/mol. The lowest BCUT2D eigenvalue weighted by Crippen LogP contribution is -1.96. The zero-order valence-corrected chi connectivity index (χ0v) is 12.0. The molecular weight excluding hydrogens is 296 g/mol. The number of hydrogen-bond acceptors (Lipinski definition) is 2. The van der Waals surface area contributed by atoms with Gasteiger partial charge in [0.15, 0.2) is 0 Å². The van der Waals surface area contributed by atoms with Crippen molar-refractivity contribution < 1.29 is 0 Å². The van der Waals surface area contributed by atoms with Gasteiger partial charge in [-0.1, -0.05) is 28.8 Å². The molecule has 2 aromatic heterocycles. The lowest BCUT2D eigenvalue weighted by atomic mass is 9.98. The second-order valence-corrected chi connectivity index (χ2v) is 5.93. The number of halogens is 1. The number of thiophene rings is 1. The van der Waals surface area contributed by atoms with Crippen LogP contribution in [0.4, 0.5) is 0 Å². The third kappa shape index (κ3) is 2.08. The maximum atomic E-state index is 4.53. The van der Waals surface area contributed by atoms with Crippen LogP contribution in [0.25, 0.3) is 11.3 Å². The molecule has 17 heavy (non-hydrogen) atoms. The Hall–Kier alpha value is -0.610. The van der Waals surface area contributed by atoms with Gasteiger partial charge in [0.1, 0.15) is 0 Å². The van der Waals surface area contributed by atoms with Crippen LogP contribution in [0.1, 0.15) is 42.9 Å². The average molecular weight is 311 g/mol. The van der Waals surface area contributed by atoms with E-state index < -0.39 is 0 Å². The molecule has 4 heteroatoms. The first-order chi connectivity index (χ1) is 8.40. The summed E-state index contributed by atoms with van der Waals surface area (Å²) in [6.45, 7) is 0. The van der Waals surface area contributed by atoms with E-state index in [1.807, 2.05) is 0 Å². The van der Waals surface area contributed by atoms with Crippen molar-refractivity contribution in [2.45, 2.75) is 36.9 Å². The van der Waals surface area contributed by atoms with Gasteiger partial charge in [-0.25, -0.2) is 0 Å². The fourth-order valence-electron chi connectivity index (χ4n) is 2.70. The smallest absolute Gasteiger partial charge is 0.0972 e. The van der Waals surface area contributed by atoms with Gasteiger partial charge in [-0.2, -0.15) is 16.4 Å². The quantitative estimate of drug-likeness (QED) is 0.818. The van der Waals surface area contributed by atoms with Gasteiger partial charge in [0.25, 0.3) is 0 Å². The summed E-state index contributed by atoms with van der Waals surface area (Å²) in [5.74, 6) is 0.697. The Morgan fingerprint density at radius 1 is 1.41 bits per heavy atom. The van der Waals surface area contributed by atoms with Crippen molar-refractivity contribution >= 4 is 27.3 Å². The average Bonchev–Trinajstić information content (AvgIpc) is 3.09. The molecule has 1 aliphatic rings. The molecule has 0 atom stereocenters. The number of aromatic nitrogens is 2. The predicted octanol–water partition coefficient (Wildman–Crippen LogP) is 4.69. The second kappa shape index (κ2) is 4.94. The molecular formula is C13H15BrN2S. The van der Waals surface area contributed by atoms with Gasteiger partial charge in [-0.15, -0.1) is 0 Å². The maximum Gasteiger partial charge on any atom is 0.0972 e. The van der Waals surface area contributed by atoms with E-state index in [1.165, 1.54) is 42.5 Å². The van der Waals surface area contributed by atoms with E-state index >= 15 is 0 Å². The van der Waals surface area contributed by atoms with Crippen molar-refractivity contribution in [2.24, 2.45) is 0 Å². The third-order valence-corrected chi connectivity index (χ3v) is 4.83. The van der Waals surface area contributed by atoms with E-state index in [0.717, 1.165) is 11.0 Å². The van der Waals surface area contributed by atoms with Crippen LogP contribution < -0.4 is 0 Å². The molecule has 0 saturated heterocycles. The fourth-order valence-corrected chi connectivity index (χ4v) is 3.91. The topological polar surface area (TPSA) is 28.7 Å². The zero-order valence-electron chi connectivity index (χ0n) is 9.58. The number of H-pyrrole nitrogens is 1. The van der Waals surface area contributed by atoms with Gasteiger partial charge in [0, 0.05) is 33.4 Å². The van der Waals surface area contributed by atoms with Crippen molar-refractivity contribution in [3.8, 4) is 11.3 Å². The highest BCUT2D eigenvalue weighted by molar-refractivity contribution is 9.08. The molecule has 0 amide bonds. The van der Waals surface area contributed by atoms with E-state index in [1.54, 1.807) is 11.3 Å². The van der Waals surface area contributed by atoms with Crippen LogP contribution in [-0.4, -0.2) is 10.2 Å². The van der Waals surface area contributed by atoms with E-state index in [0.29, 0.717) is 5.92 Å². The number of aromatic amines is 1. The Balaban J connectivity index is 2.00. The minimum absolute atomic E-state index is 0.697. The molecule has 2 nitrogen and oxygen atoms in total. The molecule has 90 valence electrons. The highest BCUT2D eigenvalue weighted by atomic mass is 79.9. The fraction of sp³-hybridized carbons (Fsp3) is 0.462. The minimum atomic E-state index is 0.697. The van der Waals surface area contributed by atoms with Crippen LogP contribution in [-0.2, 0) is 5.33 Å². The van der Waals surface area contributed by atoms with E-state index in [4.69, 9.17) is 0 Å². The molecule has 1 aliphatic carbocycles. The second-order valence-electron chi connectivity index (χ2n) is 4.59. The summed E-state index contributed by atoms with van der Waals surface area (Å²) in [6.07, 6.45) is 5.34. The van der Waals surface area contributed by atoms with Crippen molar-refractivity contribution in [1.29, 1.82) is 0 Å². The van der Waals surface area contributed by atoms with Gasteiger partial charge in [0.05, 0.1) is 5.69 Å². The third-order valence-electron chi connectivity index (χ3n) is 3.59. The molecule has 3 rings (SSSR count). The first-order valence-electron chi connectivity index (χ1n) is 6.06. The molecule has 1 fully saturated rings. The van der Waals surface area contributed by atoms with Crippen LogP contribution in [0.5, 0.6) is 0 Å². The van der Waals surface area contributed by atoms with Crippen LogP contribution >= 0.6 is 27.3 Å². The van der Waals surface area contributed by atoms with E-state index in [9.17, 15) is 0 Å². The summed E-state index contributed by atoms with van der Waals surface area (Å²) in [5.41, 5.74) is 5.09. The Labute approximate surface area is 114 Å². The molecule has 2 aromatic rings. The van der Waals surface area contributed by atoms with Crippen molar-refractivity contribution in [2.75, 3.05) is 0 Å². The number of rotatable bonds is 3. The summed E-state index contributed by atoms with van der Waals surface area (Å²) >= 11 is 5.34. The number of hydrogen-bond donors (Lipinski definition) is 1. The molecule has 0 unspecified atom stereocenters. The number of nitrogens with one attached hydrogen (secondary N) is 1. The maximum absolute atomic E-state index is 4.53. The van der Waals surface area contributed by atoms with Gasteiger partial charge in [-0.3, -0.25) is 5.10 Å². The largest absolute Gasteiger partial charge is 0.281 e. The van der Waals surface area contributed by atoms with Crippen molar-refractivity contribution in [3.05, 3.63) is 28.1 Å². The Morgan fingerprint density at radius 3 is 2.88 bits per heavy atom. The molecule has 0 spiro atoms. The number of alkyl halides is 1. The molecule has 2 heterocycles. The van der Waals surface area contributed by atoms with E-state index in [2.05, 4.69) is 43.0 Å². The highest BCUT2D eigenvalue weighted by Gasteiger charge is 2.24. The van der Waals surface area contributed by atoms with Gasteiger partial charge in [-0.05, 0) is 24.3 Å². The number of nitrogens with zero attached hydrogens (tertiary/aromatic N) is 1. The van der Waals surface area contributed by atoms with Gasteiger partial charge >= 0.3 is 0 Å². The van der Waals surface area contributed by atoms with Crippen LogP contribution in [0.2, 0.25) is 0 Å². The van der Waals surface area contributed by atoms with Crippen LogP contribution in [0.3, 0.4) is 0 Å². The lowest BCUT2D eigenvalue weighted by Gasteiger charge is -2.08. The highest BCUT2D eigenvalue weighted by Crippen LogP contribution is 2.38. The van der Waals surface area contributed by atoms with Crippen LogP contribution in [0, 0.1) is 0 Å². The summed E-state index contributed by atoms with van der Waals surface area (Å²) in [4.78, 5) is 0. The molecule has 0 bridgehead atoms. The Kier molecular flexibility index (Phi) is 3.34. The van der Waals surface area contributed by atoms with Crippen molar-refractivity contribution in [3.63, 3.8) is 0 Å². The summed E-state index contributed by atoms with van der Waals surface area (Å²) in [5, 5.41) is 13.0.